The summed E-state index contributed by atoms with van der Waals surface area (Å²) in [7, 11) is 0. The lowest BCUT2D eigenvalue weighted by Gasteiger charge is -2.12. The van der Waals surface area contributed by atoms with Gasteiger partial charge in [-0.3, -0.25) is 4.79 Å². The molecule has 0 spiro atoms. The topological polar surface area (TPSA) is 65.2 Å². The molecule has 0 radical (unpaired) electrons. The zero-order valence-electron chi connectivity index (χ0n) is 12.2. The molecule has 1 aliphatic carbocycles. The zero-order valence-corrected chi connectivity index (χ0v) is 12.2. The number of benzene rings is 1. The quantitative estimate of drug-likeness (QED) is 0.791. The smallest absolute Gasteiger partial charge is 0.323 e. The molecule has 21 heavy (non-hydrogen) atoms. The average Bonchev–Trinajstić information content (AvgIpc) is 3.20. The van der Waals surface area contributed by atoms with Gasteiger partial charge in [-0.2, -0.15) is 4.98 Å². The first kappa shape index (κ1) is 13.8. The third-order valence-corrected chi connectivity index (χ3v) is 3.54. The number of ether oxygens (including phenoxy) is 1. The Morgan fingerprint density at radius 3 is 2.95 bits per heavy atom. The number of carbonyl (C=O) groups excluding carboxylic acids is 1. The summed E-state index contributed by atoms with van der Waals surface area (Å²) in [5.74, 6) is 0.412. The molecule has 3 rings (SSSR count). The van der Waals surface area contributed by atoms with Crippen LogP contribution in [0.4, 0.5) is 0 Å². The van der Waals surface area contributed by atoms with Crippen LogP contribution in [0.2, 0.25) is 0 Å². The summed E-state index contributed by atoms with van der Waals surface area (Å²) in [6, 6.07) is 7.72. The molecular formula is C16H18N2O3. The minimum Gasteiger partial charge on any atom is -0.465 e. The Balaban J connectivity index is 1.96. The lowest BCUT2D eigenvalue weighted by Crippen LogP contribution is -2.18. The Labute approximate surface area is 123 Å². The maximum Gasteiger partial charge on any atom is 0.323 e. The van der Waals surface area contributed by atoms with E-state index in [1.54, 1.807) is 6.92 Å². The molecule has 110 valence electrons. The fraction of sp³-hybridized carbons (Fsp3) is 0.438. The van der Waals surface area contributed by atoms with Gasteiger partial charge in [0.2, 0.25) is 5.89 Å². The van der Waals surface area contributed by atoms with Crippen LogP contribution in [-0.4, -0.2) is 22.7 Å². The Bertz CT molecular complexity index is 646. The van der Waals surface area contributed by atoms with Crippen LogP contribution < -0.4 is 0 Å². The fourth-order valence-electron chi connectivity index (χ4n) is 2.33. The maximum absolute atomic E-state index is 12.3. The first-order valence-corrected chi connectivity index (χ1v) is 7.25. The van der Waals surface area contributed by atoms with Gasteiger partial charge in [0.05, 0.1) is 6.61 Å². The van der Waals surface area contributed by atoms with E-state index in [1.165, 1.54) is 0 Å². The van der Waals surface area contributed by atoms with Crippen molar-refractivity contribution in [3.05, 3.63) is 47.1 Å². The number of rotatable bonds is 5. The minimum atomic E-state index is -0.648. The van der Waals surface area contributed by atoms with Gasteiger partial charge >= 0.3 is 5.97 Å². The number of aryl methyl sites for hydroxylation is 1. The highest BCUT2D eigenvalue weighted by Gasteiger charge is 2.34. The van der Waals surface area contributed by atoms with E-state index in [4.69, 9.17) is 9.26 Å². The van der Waals surface area contributed by atoms with Gasteiger partial charge in [-0.05, 0) is 32.3 Å². The molecule has 0 amide bonds. The molecule has 1 aliphatic rings. The predicted molar refractivity (Wildman–Crippen MR) is 75.9 cm³/mol. The number of esters is 1. The molecule has 1 saturated carbocycles. The van der Waals surface area contributed by atoms with E-state index < -0.39 is 5.92 Å². The summed E-state index contributed by atoms with van der Waals surface area (Å²) in [5.41, 5.74) is 1.89. The molecular weight excluding hydrogens is 268 g/mol. The van der Waals surface area contributed by atoms with Gasteiger partial charge in [0.25, 0.3) is 0 Å². The van der Waals surface area contributed by atoms with E-state index in [0.717, 1.165) is 24.0 Å². The van der Waals surface area contributed by atoms with Crippen molar-refractivity contribution in [2.24, 2.45) is 0 Å². The van der Waals surface area contributed by atoms with Gasteiger partial charge in [0, 0.05) is 5.92 Å². The molecule has 1 aromatic carbocycles. The molecule has 1 unspecified atom stereocenters. The number of carbonyl (C=O) groups is 1. The monoisotopic (exact) mass is 286 g/mol. The number of aromatic nitrogens is 2. The van der Waals surface area contributed by atoms with Crippen molar-refractivity contribution in [3.8, 4) is 0 Å². The van der Waals surface area contributed by atoms with Gasteiger partial charge in [0.15, 0.2) is 11.7 Å². The average molecular weight is 286 g/mol. The van der Waals surface area contributed by atoms with Crippen LogP contribution >= 0.6 is 0 Å². The van der Waals surface area contributed by atoms with Crippen molar-refractivity contribution in [3.63, 3.8) is 0 Å². The molecule has 0 N–H and O–H groups in total. The molecule has 1 heterocycles. The van der Waals surface area contributed by atoms with Crippen LogP contribution in [0.3, 0.4) is 0 Å². The van der Waals surface area contributed by atoms with Crippen LogP contribution in [-0.2, 0) is 9.53 Å². The second kappa shape index (κ2) is 5.68. The molecule has 1 fully saturated rings. The molecule has 2 aromatic rings. The van der Waals surface area contributed by atoms with Crippen molar-refractivity contribution in [2.75, 3.05) is 6.61 Å². The highest BCUT2D eigenvalue weighted by atomic mass is 16.5. The van der Waals surface area contributed by atoms with E-state index in [1.807, 2.05) is 31.2 Å². The van der Waals surface area contributed by atoms with Gasteiger partial charge in [-0.15, -0.1) is 0 Å². The largest absolute Gasteiger partial charge is 0.465 e. The minimum absolute atomic E-state index is 0.320. The molecule has 1 atom stereocenters. The van der Waals surface area contributed by atoms with Crippen LogP contribution in [0.5, 0.6) is 0 Å². The third-order valence-electron chi connectivity index (χ3n) is 3.54. The van der Waals surface area contributed by atoms with E-state index in [9.17, 15) is 4.79 Å². The third kappa shape index (κ3) is 2.96. The normalized spacial score (nSPS) is 15.7. The maximum atomic E-state index is 12.3. The van der Waals surface area contributed by atoms with Crippen molar-refractivity contribution < 1.29 is 14.1 Å². The summed E-state index contributed by atoms with van der Waals surface area (Å²) < 4.78 is 10.5. The lowest BCUT2D eigenvalue weighted by atomic mass is 9.97. The van der Waals surface area contributed by atoms with E-state index in [2.05, 4.69) is 10.1 Å². The Hall–Kier alpha value is -2.17. The van der Waals surface area contributed by atoms with Crippen molar-refractivity contribution in [2.45, 2.75) is 38.5 Å². The molecule has 5 heteroatoms. The highest BCUT2D eigenvalue weighted by Crippen LogP contribution is 2.39. The van der Waals surface area contributed by atoms with Crippen molar-refractivity contribution >= 4 is 5.97 Å². The summed E-state index contributed by atoms with van der Waals surface area (Å²) in [5, 5.41) is 4.00. The fourth-order valence-corrected chi connectivity index (χ4v) is 2.33. The SMILES string of the molecule is CCOC(=O)C(c1cccc(C)c1)c1nc(C2CC2)no1. The molecule has 5 nitrogen and oxygen atoms in total. The van der Waals surface area contributed by atoms with E-state index in [-0.39, 0.29) is 5.97 Å². The standard InChI is InChI=1S/C16H18N2O3/c1-3-20-16(19)13(12-6-4-5-10(2)9-12)15-17-14(18-21-15)11-7-8-11/h4-6,9,11,13H,3,7-8H2,1-2H3. The van der Waals surface area contributed by atoms with Crippen LogP contribution in [0.1, 0.15) is 54.4 Å². The highest BCUT2D eigenvalue weighted by molar-refractivity contribution is 5.80. The molecule has 1 aromatic heterocycles. The van der Waals surface area contributed by atoms with Crippen molar-refractivity contribution in [1.82, 2.24) is 10.1 Å². The zero-order chi connectivity index (χ0) is 14.8. The van der Waals surface area contributed by atoms with E-state index >= 15 is 0 Å². The number of hydrogen-bond acceptors (Lipinski definition) is 5. The Morgan fingerprint density at radius 2 is 2.29 bits per heavy atom. The van der Waals surface area contributed by atoms with Gasteiger partial charge in [0.1, 0.15) is 0 Å². The number of nitrogens with zero attached hydrogens (tertiary/aromatic N) is 2. The second-order valence-electron chi connectivity index (χ2n) is 5.36. The first-order valence-electron chi connectivity index (χ1n) is 7.25. The van der Waals surface area contributed by atoms with Crippen LogP contribution in [0.25, 0.3) is 0 Å². The predicted octanol–water partition coefficient (Wildman–Crippen LogP) is 2.95. The van der Waals surface area contributed by atoms with Gasteiger partial charge in [-0.25, -0.2) is 0 Å². The molecule has 0 aliphatic heterocycles. The Morgan fingerprint density at radius 1 is 1.48 bits per heavy atom. The van der Waals surface area contributed by atoms with Gasteiger partial charge < -0.3 is 9.26 Å². The Kier molecular flexibility index (Phi) is 3.73. The van der Waals surface area contributed by atoms with Gasteiger partial charge in [-0.1, -0.05) is 35.0 Å². The summed E-state index contributed by atoms with van der Waals surface area (Å²) >= 11 is 0. The molecule has 0 bridgehead atoms. The first-order chi connectivity index (χ1) is 10.2. The summed E-state index contributed by atoms with van der Waals surface area (Å²) in [4.78, 5) is 16.7. The van der Waals surface area contributed by atoms with Crippen molar-refractivity contribution in [1.29, 1.82) is 0 Å². The summed E-state index contributed by atoms with van der Waals surface area (Å²) in [6.45, 7) is 4.09. The second-order valence-corrected chi connectivity index (χ2v) is 5.36. The molecule has 0 saturated heterocycles. The van der Waals surface area contributed by atoms with Crippen LogP contribution in [0, 0.1) is 6.92 Å². The lowest BCUT2D eigenvalue weighted by molar-refractivity contribution is -0.144. The van der Waals surface area contributed by atoms with E-state index in [0.29, 0.717) is 24.2 Å². The van der Waals surface area contributed by atoms with Crippen LogP contribution in [0.15, 0.2) is 28.8 Å². The summed E-state index contributed by atoms with van der Waals surface area (Å²) in [6.07, 6.45) is 2.18. The number of hydrogen-bond donors (Lipinski definition) is 0.